The molecular formula is C26H36N2O. The van der Waals surface area contributed by atoms with E-state index in [0.717, 1.165) is 32.1 Å². The lowest BCUT2D eigenvalue weighted by Gasteiger charge is -2.24. The molecule has 156 valence electrons. The minimum atomic E-state index is 0.0230. The zero-order valence-electron chi connectivity index (χ0n) is 17.9. The second-order valence-electron chi connectivity index (χ2n) is 8.37. The molecule has 0 fully saturated rings. The first-order valence-corrected chi connectivity index (χ1v) is 10.7. The van der Waals surface area contributed by atoms with Gasteiger partial charge >= 0.3 is 0 Å². The van der Waals surface area contributed by atoms with E-state index < -0.39 is 0 Å². The summed E-state index contributed by atoms with van der Waals surface area (Å²) in [5, 5.41) is 19.0. The largest absolute Gasteiger partial charge is 0.396 e. The second-order valence-corrected chi connectivity index (χ2v) is 8.37. The van der Waals surface area contributed by atoms with Gasteiger partial charge in [0.25, 0.3) is 0 Å². The molecule has 29 heavy (non-hydrogen) atoms. The fourth-order valence-corrected chi connectivity index (χ4v) is 3.42. The average Bonchev–Trinajstić information content (AvgIpc) is 3.05. The van der Waals surface area contributed by atoms with Crippen LogP contribution < -0.4 is 5.32 Å². The van der Waals surface area contributed by atoms with E-state index in [-0.39, 0.29) is 12.0 Å². The first-order chi connectivity index (χ1) is 14.1. The predicted octanol–water partition coefficient (Wildman–Crippen LogP) is 5.80. The fourth-order valence-electron chi connectivity index (χ4n) is 3.42. The zero-order valence-corrected chi connectivity index (χ0v) is 17.9. The number of hydrogen-bond acceptors (Lipinski definition) is 3. The molecule has 0 saturated heterocycles. The van der Waals surface area contributed by atoms with Crippen molar-refractivity contribution in [1.29, 1.82) is 5.41 Å². The van der Waals surface area contributed by atoms with Crippen LogP contribution >= 0.6 is 0 Å². The van der Waals surface area contributed by atoms with Crippen LogP contribution in [-0.4, -0.2) is 24.0 Å². The van der Waals surface area contributed by atoms with Crippen molar-refractivity contribution in [1.82, 2.24) is 5.32 Å². The molecule has 0 radical (unpaired) electrons. The van der Waals surface area contributed by atoms with Gasteiger partial charge in [0.2, 0.25) is 0 Å². The summed E-state index contributed by atoms with van der Waals surface area (Å²) in [6.07, 6.45) is 32.7. The van der Waals surface area contributed by atoms with Crippen LogP contribution in [0.15, 0.2) is 84.2 Å². The number of dihydropyridines is 1. The molecule has 0 aromatic carbocycles. The highest BCUT2D eigenvalue weighted by Gasteiger charge is 2.17. The van der Waals surface area contributed by atoms with Gasteiger partial charge in [0.15, 0.2) is 0 Å². The van der Waals surface area contributed by atoms with Crippen LogP contribution in [0.2, 0.25) is 0 Å². The predicted molar refractivity (Wildman–Crippen MR) is 125 cm³/mol. The van der Waals surface area contributed by atoms with E-state index in [4.69, 9.17) is 10.5 Å². The van der Waals surface area contributed by atoms with Crippen molar-refractivity contribution in [2.75, 3.05) is 6.61 Å². The van der Waals surface area contributed by atoms with E-state index in [1.165, 1.54) is 17.4 Å². The summed E-state index contributed by atoms with van der Waals surface area (Å²) >= 11 is 0. The molecule has 3 N–H and O–H groups in total. The van der Waals surface area contributed by atoms with E-state index >= 15 is 0 Å². The Morgan fingerprint density at radius 1 is 1.14 bits per heavy atom. The number of nitrogens with one attached hydrogen (secondary N) is 2. The summed E-state index contributed by atoms with van der Waals surface area (Å²) < 4.78 is 0. The van der Waals surface area contributed by atoms with Gasteiger partial charge in [-0.1, -0.05) is 81.0 Å². The second kappa shape index (κ2) is 12.2. The SMILES string of the molecule is C1=CC=C(C2C=C(C3C=CC=CC3)C=CN2)CC=C1.CC(C)(C=N)CCCCO. The summed E-state index contributed by atoms with van der Waals surface area (Å²) in [4.78, 5) is 0. The van der Waals surface area contributed by atoms with Gasteiger partial charge in [-0.05, 0) is 54.5 Å². The van der Waals surface area contributed by atoms with Crippen molar-refractivity contribution in [3.05, 3.63) is 84.2 Å². The number of rotatable bonds is 7. The van der Waals surface area contributed by atoms with Crippen molar-refractivity contribution >= 4 is 6.21 Å². The molecule has 3 nitrogen and oxygen atoms in total. The topological polar surface area (TPSA) is 56.1 Å². The smallest absolute Gasteiger partial charge is 0.0664 e. The third kappa shape index (κ3) is 8.25. The van der Waals surface area contributed by atoms with Crippen LogP contribution in [0.25, 0.3) is 0 Å². The lowest BCUT2D eigenvalue weighted by molar-refractivity contribution is 0.276. The Labute approximate surface area is 176 Å². The molecule has 3 rings (SSSR count). The summed E-state index contributed by atoms with van der Waals surface area (Å²) in [5.41, 5.74) is 2.86. The maximum atomic E-state index is 8.48. The molecule has 1 heterocycles. The van der Waals surface area contributed by atoms with Crippen LogP contribution in [0.4, 0.5) is 0 Å². The van der Waals surface area contributed by atoms with Crippen molar-refractivity contribution in [3.8, 4) is 0 Å². The molecule has 2 unspecified atom stereocenters. The highest BCUT2D eigenvalue weighted by Crippen LogP contribution is 2.26. The maximum Gasteiger partial charge on any atom is 0.0664 e. The molecule has 0 spiro atoms. The summed E-state index contributed by atoms with van der Waals surface area (Å²) in [6, 6.07) is 0.326. The minimum absolute atomic E-state index is 0.0230. The van der Waals surface area contributed by atoms with Gasteiger partial charge in [0.1, 0.15) is 0 Å². The standard InChI is InChI=1S/C18H19N.C8H17NO/c1-2-5-11-16(10-4-1)18-14-17(12-13-19-18)15-8-6-3-7-9-15;1-8(2,7-9)5-3-4-6-10/h1-8,10,12-15,18-19H,9,11H2;7,9-10H,3-6H2,1-2H3. The number of aliphatic hydroxyl groups excluding tert-OH is 1. The Balaban J connectivity index is 0.000000257. The normalized spacial score (nSPS) is 22.7. The fraction of sp³-hybridized carbons (Fsp3) is 0.423. The quantitative estimate of drug-likeness (QED) is 0.379. The third-order valence-corrected chi connectivity index (χ3v) is 5.36. The molecule has 0 bridgehead atoms. The molecule has 0 aromatic heterocycles. The van der Waals surface area contributed by atoms with Crippen LogP contribution in [0.1, 0.15) is 46.0 Å². The van der Waals surface area contributed by atoms with Crippen LogP contribution in [0.3, 0.4) is 0 Å². The van der Waals surface area contributed by atoms with Crippen molar-refractivity contribution < 1.29 is 5.11 Å². The Bertz CT molecular complexity index is 732. The summed E-state index contributed by atoms with van der Waals surface area (Å²) in [5.74, 6) is 0.531. The van der Waals surface area contributed by atoms with Gasteiger partial charge in [0.05, 0.1) is 6.04 Å². The van der Waals surface area contributed by atoms with Crippen LogP contribution in [0.5, 0.6) is 0 Å². The number of unbranched alkanes of at least 4 members (excludes halogenated alkanes) is 1. The molecular weight excluding hydrogens is 356 g/mol. The van der Waals surface area contributed by atoms with Gasteiger partial charge in [-0.3, -0.25) is 0 Å². The molecule has 0 aromatic rings. The third-order valence-electron chi connectivity index (χ3n) is 5.36. The molecule has 0 amide bonds. The first-order valence-electron chi connectivity index (χ1n) is 10.7. The number of hydrogen-bond donors (Lipinski definition) is 3. The molecule has 3 heteroatoms. The van der Waals surface area contributed by atoms with E-state index in [0.29, 0.717) is 12.0 Å². The average molecular weight is 393 g/mol. The minimum Gasteiger partial charge on any atom is -0.396 e. The van der Waals surface area contributed by atoms with Gasteiger partial charge in [-0.15, -0.1) is 0 Å². The maximum absolute atomic E-state index is 8.48. The molecule has 0 saturated carbocycles. The van der Waals surface area contributed by atoms with Crippen molar-refractivity contribution in [3.63, 3.8) is 0 Å². The lowest BCUT2D eigenvalue weighted by atomic mass is 9.88. The van der Waals surface area contributed by atoms with Crippen molar-refractivity contribution in [2.24, 2.45) is 11.3 Å². The first kappa shape index (κ1) is 22.9. The Kier molecular flexibility index (Phi) is 9.66. The van der Waals surface area contributed by atoms with E-state index in [1.54, 1.807) is 0 Å². The van der Waals surface area contributed by atoms with Gasteiger partial charge in [-0.2, -0.15) is 0 Å². The highest BCUT2D eigenvalue weighted by atomic mass is 16.2. The number of aliphatic hydroxyl groups is 1. The zero-order chi connectivity index (χ0) is 21.0. The molecule has 2 aliphatic carbocycles. The van der Waals surface area contributed by atoms with E-state index in [1.807, 2.05) is 13.8 Å². The van der Waals surface area contributed by atoms with Crippen LogP contribution in [0, 0.1) is 16.7 Å². The van der Waals surface area contributed by atoms with Crippen molar-refractivity contribution in [2.45, 2.75) is 52.0 Å². The Morgan fingerprint density at radius 2 is 1.97 bits per heavy atom. The Morgan fingerprint density at radius 3 is 2.69 bits per heavy atom. The van der Waals surface area contributed by atoms with E-state index in [2.05, 4.69) is 78.4 Å². The highest BCUT2D eigenvalue weighted by molar-refractivity contribution is 5.60. The summed E-state index contributed by atoms with van der Waals surface area (Å²) in [6.45, 7) is 4.35. The molecule has 2 atom stereocenters. The lowest BCUT2D eigenvalue weighted by Crippen LogP contribution is -2.28. The Hall–Kier alpha value is -2.39. The van der Waals surface area contributed by atoms with E-state index in [9.17, 15) is 0 Å². The monoisotopic (exact) mass is 392 g/mol. The van der Waals surface area contributed by atoms with Gasteiger partial charge in [-0.25, -0.2) is 0 Å². The molecule has 1 aliphatic heterocycles. The van der Waals surface area contributed by atoms with Gasteiger partial charge in [0, 0.05) is 18.7 Å². The summed E-state index contributed by atoms with van der Waals surface area (Å²) in [7, 11) is 0. The van der Waals surface area contributed by atoms with Crippen LogP contribution in [-0.2, 0) is 0 Å². The molecule has 3 aliphatic rings. The van der Waals surface area contributed by atoms with Gasteiger partial charge < -0.3 is 15.8 Å². The number of allylic oxidation sites excluding steroid dienone is 11.